The number of aryl methyl sites for hydroxylation is 1. The van der Waals surface area contributed by atoms with Crippen LogP contribution in [0.4, 0.5) is 4.79 Å². The molecule has 0 bridgehead atoms. The van der Waals surface area contributed by atoms with Gasteiger partial charge in [0.25, 0.3) is 0 Å². The Hall–Kier alpha value is -8.12. The Morgan fingerprint density at radius 3 is 1.83 bits per heavy atom. The van der Waals surface area contributed by atoms with Gasteiger partial charge in [-0.2, -0.15) is 0 Å². The largest absolute Gasteiger partial charge is 0.459 e. The third kappa shape index (κ3) is 20.1. The second-order valence-corrected chi connectivity index (χ2v) is 29.6. The van der Waals surface area contributed by atoms with Crippen molar-refractivity contribution in [1.82, 2.24) is 54.7 Å². The van der Waals surface area contributed by atoms with Crippen LogP contribution in [0.15, 0.2) is 54.6 Å². The molecular weight excluding hydrogens is 1270 g/mol. The van der Waals surface area contributed by atoms with Gasteiger partial charge in [0.05, 0.1) is 6.42 Å². The standard InChI is InChI=1S/C74H113N11O14/c1-18-49(6)61(69(94)79(14)50(7)65(90)84-41-37-55(84)68(93)83(19-2)58(43-51-35-33-48(5)34-36-51)67(92)78(13)45-60(87)99-73(8,9)10)75-63(88)56(42-47(3)4)80(15)59(86)44-57(66(91)77(11)12)81(16)70(95)62(53-30-23-24-31-53)82(17)71(96)74(38-25-26-39-74)76-64(89)54-32-27-40-85(54)72(97)98-46-52-28-21-20-22-29-52/h20-22,28-29,33-36,47,49-50,53-58,61-62H,18-19,23-27,30-32,37-46H2,1-17H3,(H,75,88)(H,76,89)/t49-,50-,54-,55-,56-,57-,58-,61-,62-/m0/s1. The van der Waals surface area contributed by atoms with Gasteiger partial charge in [-0.1, -0.05) is 120 Å². The molecule has 0 unspecified atom stereocenters. The number of hydrogen-bond acceptors (Lipinski definition) is 14. The number of ether oxygens (including phenoxy) is 2. The van der Waals surface area contributed by atoms with Crippen LogP contribution in [-0.4, -0.2) is 250 Å². The van der Waals surface area contributed by atoms with Crippen LogP contribution in [0.25, 0.3) is 0 Å². The molecule has 2 N–H and O–H groups in total. The van der Waals surface area contributed by atoms with Crippen LogP contribution in [0.3, 0.4) is 0 Å². The van der Waals surface area contributed by atoms with E-state index in [4.69, 9.17) is 9.47 Å². The van der Waals surface area contributed by atoms with Crippen molar-refractivity contribution in [2.45, 2.75) is 232 Å². The molecule has 2 saturated heterocycles. The lowest BCUT2D eigenvalue weighted by molar-refractivity contribution is -0.162. The first-order valence-electron chi connectivity index (χ1n) is 35.6. The molecular formula is C74H113N11O14. The molecule has 2 heterocycles. The predicted molar refractivity (Wildman–Crippen MR) is 373 cm³/mol. The van der Waals surface area contributed by atoms with E-state index < -0.39 is 143 Å². The smallest absolute Gasteiger partial charge is 0.410 e. The van der Waals surface area contributed by atoms with Crippen LogP contribution in [0.5, 0.6) is 0 Å². The highest BCUT2D eigenvalue weighted by molar-refractivity contribution is 6.00. The number of rotatable bonds is 30. The summed E-state index contributed by atoms with van der Waals surface area (Å²) in [7, 11) is 10.4. The maximum atomic E-state index is 15.4. The summed E-state index contributed by atoms with van der Waals surface area (Å²) in [6.45, 7) is 18.1. The van der Waals surface area contributed by atoms with E-state index in [1.54, 1.807) is 48.6 Å². The monoisotopic (exact) mass is 1380 g/mol. The molecule has 0 radical (unpaired) electrons. The van der Waals surface area contributed by atoms with Gasteiger partial charge in [0, 0.05) is 75.4 Å². The van der Waals surface area contributed by atoms with E-state index in [-0.39, 0.29) is 57.3 Å². The van der Waals surface area contributed by atoms with Crippen LogP contribution < -0.4 is 10.6 Å². The zero-order chi connectivity index (χ0) is 73.5. The van der Waals surface area contributed by atoms with E-state index in [2.05, 4.69) is 10.6 Å². The first-order chi connectivity index (χ1) is 46.6. The number of hydrogen-bond donors (Lipinski definition) is 2. The summed E-state index contributed by atoms with van der Waals surface area (Å²) in [4.78, 5) is 186. The van der Waals surface area contributed by atoms with Crippen LogP contribution in [-0.2, 0) is 75.2 Å². The van der Waals surface area contributed by atoms with Crippen molar-refractivity contribution in [3.8, 4) is 0 Å². The van der Waals surface area contributed by atoms with Gasteiger partial charge >= 0.3 is 12.1 Å². The Morgan fingerprint density at radius 2 is 1.27 bits per heavy atom. The third-order valence-electron chi connectivity index (χ3n) is 20.5. The van der Waals surface area contributed by atoms with E-state index in [0.29, 0.717) is 64.3 Å². The van der Waals surface area contributed by atoms with Crippen LogP contribution in [0.1, 0.15) is 169 Å². The molecule has 4 aliphatic rings. The topological polar surface area (TPSA) is 277 Å². The van der Waals surface area contributed by atoms with Gasteiger partial charge in [0.15, 0.2) is 0 Å². The van der Waals surface area contributed by atoms with Gasteiger partial charge in [-0.25, -0.2) is 4.79 Å². The van der Waals surface area contributed by atoms with Gasteiger partial charge in [-0.3, -0.25) is 57.6 Å². The molecule has 2 aromatic rings. The van der Waals surface area contributed by atoms with E-state index >= 15 is 9.59 Å². The normalized spacial score (nSPS) is 18.8. The second kappa shape index (κ2) is 35.3. The minimum Gasteiger partial charge on any atom is -0.459 e. The molecule has 548 valence electrons. The van der Waals surface area contributed by atoms with Crippen molar-refractivity contribution >= 4 is 71.1 Å². The SMILES string of the molecule is CC[C@H](C)[C@H](NC(=O)[C@H](CC(C)C)N(C)C(=O)C[C@@H](C(=O)N(C)C)N(C)C(=O)[C@H](C1CCCC1)N(C)C(=O)C1(NC(=O)[C@@H]2CCCN2C(=O)OCc2ccccc2)CCCC1)C(=O)N(C)[C@@H](C)C(=O)N1CC[C@H]1C(=O)N(CC)[C@@H](Cc1ccc(C)cc1)C(=O)N(C)CC(=O)OC(C)(C)C. The fourth-order valence-corrected chi connectivity index (χ4v) is 14.1. The summed E-state index contributed by atoms with van der Waals surface area (Å²) >= 11 is 0. The molecule has 0 spiro atoms. The molecule has 2 aliphatic heterocycles. The van der Waals surface area contributed by atoms with Crippen LogP contribution in [0, 0.1) is 24.7 Å². The van der Waals surface area contributed by atoms with E-state index in [0.717, 1.165) is 29.5 Å². The lowest BCUT2D eigenvalue weighted by Gasteiger charge is -2.45. The van der Waals surface area contributed by atoms with Crippen molar-refractivity contribution in [1.29, 1.82) is 0 Å². The first kappa shape index (κ1) is 79.9. The summed E-state index contributed by atoms with van der Waals surface area (Å²) in [6, 6.07) is 7.87. The molecule has 11 amide bonds. The van der Waals surface area contributed by atoms with Crippen molar-refractivity contribution < 1.29 is 67.0 Å². The van der Waals surface area contributed by atoms with Crippen molar-refractivity contribution in [2.75, 3.05) is 75.5 Å². The summed E-state index contributed by atoms with van der Waals surface area (Å²) in [5.41, 5.74) is 0.391. The van der Waals surface area contributed by atoms with Crippen LogP contribution >= 0.6 is 0 Å². The van der Waals surface area contributed by atoms with Crippen molar-refractivity contribution in [2.24, 2.45) is 17.8 Å². The number of carbonyl (C=O) groups is 12. The second-order valence-electron chi connectivity index (χ2n) is 29.6. The average Bonchev–Trinajstić information content (AvgIpc) is 1.77. The highest BCUT2D eigenvalue weighted by Crippen LogP contribution is 2.37. The number of benzene rings is 2. The van der Waals surface area contributed by atoms with Gasteiger partial charge in [-0.05, 0) is 122 Å². The van der Waals surface area contributed by atoms with Gasteiger partial charge < -0.3 is 59.3 Å². The Morgan fingerprint density at radius 1 is 0.646 bits per heavy atom. The average molecular weight is 1380 g/mol. The molecule has 25 nitrogen and oxygen atoms in total. The minimum absolute atomic E-state index is 0.0270. The van der Waals surface area contributed by atoms with E-state index in [1.807, 2.05) is 82.3 Å². The highest BCUT2D eigenvalue weighted by atomic mass is 16.6. The number of nitrogens with zero attached hydrogens (tertiary/aromatic N) is 9. The summed E-state index contributed by atoms with van der Waals surface area (Å²) in [6.07, 6.45) is 5.34. The third-order valence-corrected chi connectivity index (χ3v) is 20.5. The Balaban J connectivity index is 1.17. The Kier molecular flexibility index (Phi) is 28.5. The lowest BCUT2D eigenvalue weighted by Crippen LogP contribution is -2.65. The number of amides is 11. The number of likely N-dealkylation sites (tertiary alicyclic amines) is 2. The number of carbonyl (C=O) groups excluding carboxylic acids is 12. The molecule has 2 aliphatic carbocycles. The highest BCUT2D eigenvalue weighted by Gasteiger charge is 2.52. The maximum Gasteiger partial charge on any atom is 0.410 e. The number of nitrogens with one attached hydrogen (secondary N) is 2. The van der Waals surface area contributed by atoms with E-state index in [1.165, 1.54) is 86.4 Å². The fourth-order valence-electron chi connectivity index (χ4n) is 14.1. The van der Waals surface area contributed by atoms with E-state index in [9.17, 15) is 47.9 Å². The minimum atomic E-state index is -1.40. The molecule has 2 aromatic carbocycles. The Labute approximate surface area is 586 Å². The lowest BCUT2D eigenvalue weighted by atomic mass is 9.90. The summed E-state index contributed by atoms with van der Waals surface area (Å²) in [5, 5.41) is 6.02. The molecule has 2 saturated carbocycles. The van der Waals surface area contributed by atoms with Gasteiger partial charge in [0.2, 0.25) is 59.1 Å². The fraction of sp³-hybridized carbons (Fsp3) is 0.676. The summed E-state index contributed by atoms with van der Waals surface area (Å²) in [5.74, 6) is -7.11. The molecule has 0 aromatic heterocycles. The predicted octanol–water partition coefficient (Wildman–Crippen LogP) is 5.96. The zero-order valence-electron chi connectivity index (χ0n) is 61.9. The van der Waals surface area contributed by atoms with Gasteiger partial charge in [0.1, 0.15) is 72.6 Å². The van der Waals surface area contributed by atoms with Crippen molar-refractivity contribution in [3.63, 3.8) is 0 Å². The molecule has 4 fully saturated rings. The molecule has 6 rings (SSSR count). The quantitative estimate of drug-likeness (QED) is 0.0855. The summed E-state index contributed by atoms with van der Waals surface area (Å²) < 4.78 is 11.1. The zero-order valence-corrected chi connectivity index (χ0v) is 61.9. The maximum absolute atomic E-state index is 15.4. The van der Waals surface area contributed by atoms with Gasteiger partial charge in [-0.15, -0.1) is 0 Å². The molecule has 25 heteroatoms. The Bertz CT molecular complexity index is 3180. The molecule has 99 heavy (non-hydrogen) atoms. The number of likely N-dealkylation sites (N-methyl/N-ethyl adjacent to an activating group) is 7. The first-order valence-corrected chi connectivity index (χ1v) is 35.6. The number of esters is 1. The van der Waals surface area contributed by atoms with Crippen molar-refractivity contribution in [3.05, 3.63) is 71.3 Å². The molecule has 9 atom stereocenters. The van der Waals surface area contributed by atoms with Crippen LogP contribution in [0.2, 0.25) is 0 Å².